The Bertz CT molecular complexity index is 364. The molecule has 0 bridgehead atoms. The number of rotatable bonds is 6. The largest absolute Gasteiger partial charge is 0.302 e. The monoisotopic (exact) mass is 244 g/mol. The molecule has 0 aliphatic heterocycles. The van der Waals surface area contributed by atoms with Crippen LogP contribution in [0.3, 0.4) is 0 Å². The van der Waals surface area contributed by atoms with Crippen molar-refractivity contribution in [3.05, 3.63) is 12.2 Å². The van der Waals surface area contributed by atoms with Gasteiger partial charge in [0.15, 0.2) is 11.6 Å². The first kappa shape index (κ1) is 13.7. The van der Waals surface area contributed by atoms with Crippen molar-refractivity contribution < 1.29 is 23.2 Å². The summed E-state index contributed by atoms with van der Waals surface area (Å²) in [4.78, 5) is 32.3. The lowest BCUT2D eigenvalue weighted by Crippen LogP contribution is -2.45. The third-order valence-corrected chi connectivity index (χ3v) is 2.79. The van der Waals surface area contributed by atoms with Crippen LogP contribution in [0.25, 0.3) is 0 Å². The Morgan fingerprint density at radius 1 is 1.29 bits per heavy atom. The Balaban J connectivity index is 2.41. The molecule has 0 saturated heterocycles. The van der Waals surface area contributed by atoms with Crippen LogP contribution in [-0.4, -0.2) is 23.8 Å². The van der Waals surface area contributed by atoms with E-state index in [1.54, 1.807) is 0 Å². The van der Waals surface area contributed by atoms with Gasteiger partial charge in [-0.3, -0.25) is 9.59 Å². The van der Waals surface area contributed by atoms with Crippen molar-refractivity contribution in [1.29, 1.82) is 0 Å². The number of carbonyl (C=O) groups excluding carboxylic acids is 3. The van der Waals surface area contributed by atoms with Gasteiger partial charge in [-0.1, -0.05) is 12.2 Å². The first-order valence-corrected chi connectivity index (χ1v) is 5.36. The molecule has 0 aromatic carbocycles. The molecule has 0 atom stereocenters. The summed E-state index contributed by atoms with van der Waals surface area (Å²) in [5.41, 5.74) is -1.08. The highest BCUT2D eigenvalue weighted by atomic mass is 19.3. The van der Waals surface area contributed by atoms with Crippen LogP contribution in [0.5, 0.6) is 0 Å². The van der Waals surface area contributed by atoms with Crippen molar-refractivity contribution in [2.45, 2.75) is 38.5 Å². The number of alkyl halides is 2. The standard InChI is InChI=1S/C12H14F2O3/c1-9(16)10(17)4-2-3-5-11(8-15)6-12(13,14)7-11/h3,5,8H,2,4,6-7H2,1H3/b5-3+. The number of Topliss-reactive ketones (excluding diaryl/α,β-unsaturated/α-hetero) is 2. The van der Waals surface area contributed by atoms with E-state index >= 15 is 0 Å². The SMILES string of the molecule is CC(=O)C(=O)CC/C=C/C1(C=O)CC(F)(F)C1. The van der Waals surface area contributed by atoms with Crippen LogP contribution in [-0.2, 0) is 14.4 Å². The minimum Gasteiger partial charge on any atom is -0.302 e. The molecule has 0 radical (unpaired) electrons. The summed E-state index contributed by atoms with van der Waals surface area (Å²) in [6.45, 7) is 1.19. The number of halogens is 2. The van der Waals surface area contributed by atoms with Crippen molar-refractivity contribution in [1.82, 2.24) is 0 Å². The average Bonchev–Trinajstić information content (AvgIpc) is 2.20. The van der Waals surface area contributed by atoms with Gasteiger partial charge in [0.2, 0.25) is 0 Å². The smallest absolute Gasteiger partial charge is 0.250 e. The Morgan fingerprint density at radius 3 is 2.29 bits per heavy atom. The van der Waals surface area contributed by atoms with Gasteiger partial charge in [-0.15, -0.1) is 0 Å². The van der Waals surface area contributed by atoms with E-state index in [1.807, 2.05) is 0 Å². The molecule has 1 aliphatic rings. The van der Waals surface area contributed by atoms with Crippen LogP contribution >= 0.6 is 0 Å². The van der Waals surface area contributed by atoms with Crippen LogP contribution in [0.1, 0.15) is 32.6 Å². The van der Waals surface area contributed by atoms with Gasteiger partial charge in [0.05, 0.1) is 5.41 Å². The predicted molar refractivity (Wildman–Crippen MR) is 56.7 cm³/mol. The second-order valence-electron chi connectivity index (χ2n) is 4.48. The van der Waals surface area contributed by atoms with Crippen molar-refractivity contribution in [2.75, 3.05) is 0 Å². The maximum atomic E-state index is 12.7. The zero-order valence-electron chi connectivity index (χ0n) is 9.54. The molecule has 94 valence electrons. The molecule has 0 unspecified atom stereocenters. The highest BCUT2D eigenvalue weighted by Crippen LogP contribution is 2.51. The number of ketones is 2. The summed E-state index contributed by atoms with van der Waals surface area (Å²) in [6.07, 6.45) is 2.86. The maximum Gasteiger partial charge on any atom is 0.250 e. The van der Waals surface area contributed by atoms with Crippen LogP contribution in [0.15, 0.2) is 12.2 Å². The molecule has 1 rings (SSSR count). The van der Waals surface area contributed by atoms with Crippen LogP contribution in [0, 0.1) is 5.41 Å². The minimum atomic E-state index is -2.76. The molecule has 5 heteroatoms. The Hall–Kier alpha value is -1.39. The molecule has 1 saturated carbocycles. The summed E-state index contributed by atoms with van der Waals surface area (Å²) in [7, 11) is 0. The lowest BCUT2D eigenvalue weighted by Gasteiger charge is -2.41. The fourth-order valence-electron chi connectivity index (χ4n) is 1.86. The van der Waals surface area contributed by atoms with Crippen molar-refractivity contribution in [2.24, 2.45) is 5.41 Å². The molecule has 0 spiro atoms. The highest BCUT2D eigenvalue weighted by Gasteiger charge is 2.55. The minimum absolute atomic E-state index is 0.0527. The summed E-state index contributed by atoms with van der Waals surface area (Å²) in [5.74, 6) is -3.77. The lowest BCUT2D eigenvalue weighted by atomic mass is 9.67. The molecular formula is C12H14F2O3. The van der Waals surface area contributed by atoms with Gasteiger partial charge in [0.25, 0.3) is 5.92 Å². The zero-order chi connectivity index (χ0) is 13.1. The summed E-state index contributed by atoms with van der Waals surface area (Å²) in [5, 5.41) is 0. The van der Waals surface area contributed by atoms with Gasteiger partial charge in [-0.05, 0) is 6.42 Å². The summed E-state index contributed by atoms with van der Waals surface area (Å²) in [6, 6.07) is 0. The van der Waals surface area contributed by atoms with E-state index in [0.717, 1.165) is 0 Å². The molecule has 17 heavy (non-hydrogen) atoms. The highest BCUT2D eigenvalue weighted by molar-refractivity contribution is 6.36. The summed E-state index contributed by atoms with van der Waals surface area (Å²) >= 11 is 0. The molecule has 1 fully saturated rings. The topological polar surface area (TPSA) is 51.2 Å². The first-order valence-electron chi connectivity index (χ1n) is 5.36. The fourth-order valence-corrected chi connectivity index (χ4v) is 1.86. The predicted octanol–water partition coefficient (Wildman–Crippen LogP) is 2.10. The number of hydrogen-bond donors (Lipinski definition) is 0. The molecule has 0 aromatic rings. The third kappa shape index (κ3) is 3.54. The van der Waals surface area contributed by atoms with E-state index in [4.69, 9.17) is 0 Å². The Kier molecular flexibility index (Phi) is 3.91. The van der Waals surface area contributed by atoms with E-state index in [9.17, 15) is 23.2 Å². The van der Waals surface area contributed by atoms with E-state index < -0.39 is 35.7 Å². The van der Waals surface area contributed by atoms with Gasteiger partial charge >= 0.3 is 0 Å². The summed E-state index contributed by atoms with van der Waals surface area (Å²) < 4.78 is 25.3. The van der Waals surface area contributed by atoms with E-state index in [2.05, 4.69) is 0 Å². The third-order valence-electron chi connectivity index (χ3n) is 2.79. The maximum absolute atomic E-state index is 12.7. The van der Waals surface area contributed by atoms with E-state index in [-0.39, 0.29) is 6.42 Å². The van der Waals surface area contributed by atoms with Crippen molar-refractivity contribution in [3.63, 3.8) is 0 Å². The fraction of sp³-hybridized carbons (Fsp3) is 0.583. The normalized spacial score (nSPS) is 20.9. The second-order valence-corrected chi connectivity index (χ2v) is 4.48. The van der Waals surface area contributed by atoms with Crippen molar-refractivity contribution >= 4 is 17.9 Å². The molecule has 3 nitrogen and oxygen atoms in total. The second kappa shape index (κ2) is 4.85. The molecular weight excluding hydrogens is 230 g/mol. The van der Waals surface area contributed by atoms with Gasteiger partial charge < -0.3 is 4.79 Å². The van der Waals surface area contributed by atoms with Crippen LogP contribution < -0.4 is 0 Å². The molecule has 0 aromatic heterocycles. The van der Waals surface area contributed by atoms with Gasteiger partial charge in [0, 0.05) is 26.2 Å². The number of hydrogen-bond acceptors (Lipinski definition) is 3. The number of allylic oxidation sites excluding steroid dienone is 2. The number of aldehydes is 1. The van der Waals surface area contributed by atoms with Crippen LogP contribution in [0.4, 0.5) is 8.78 Å². The van der Waals surface area contributed by atoms with Gasteiger partial charge in [0.1, 0.15) is 6.29 Å². The lowest BCUT2D eigenvalue weighted by molar-refractivity contribution is -0.154. The van der Waals surface area contributed by atoms with Crippen LogP contribution in [0.2, 0.25) is 0 Å². The van der Waals surface area contributed by atoms with E-state index in [1.165, 1.54) is 19.1 Å². The molecule has 0 N–H and O–H groups in total. The molecule has 0 amide bonds. The quantitative estimate of drug-likeness (QED) is 0.408. The first-order chi connectivity index (χ1) is 7.80. The van der Waals surface area contributed by atoms with Gasteiger partial charge in [-0.2, -0.15) is 0 Å². The average molecular weight is 244 g/mol. The van der Waals surface area contributed by atoms with Crippen molar-refractivity contribution in [3.8, 4) is 0 Å². The molecule has 0 heterocycles. The van der Waals surface area contributed by atoms with E-state index in [0.29, 0.717) is 12.7 Å². The Labute approximate surface area is 97.9 Å². The zero-order valence-corrected chi connectivity index (χ0v) is 9.54. The molecule has 1 aliphatic carbocycles. The Morgan fingerprint density at radius 2 is 1.88 bits per heavy atom. The van der Waals surface area contributed by atoms with Gasteiger partial charge in [-0.25, -0.2) is 8.78 Å². The number of carbonyl (C=O) groups is 3.